The van der Waals surface area contributed by atoms with Crippen molar-refractivity contribution in [2.24, 2.45) is 5.73 Å². The molecule has 0 fully saturated rings. The van der Waals surface area contributed by atoms with E-state index >= 15 is 0 Å². The molecule has 6 nitrogen and oxygen atoms in total. The third-order valence-corrected chi connectivity index (χ3v) is 3.77. The Morgan fingerprint density at radius 2 is 2.00 bits per heavy atom. The molecule has 1 atom stereocenters. The third-order valence-electron chi connectivity index (χ3n) is 3.77. The molecule has 0 bridgehead atoms. The number of hydrogen-bond acceptors (Lipinski definition) is 4. The molecule has 2 rings (SSSR count). The van der Waals surface area contributed by atoms with Crippen LogP contribution in [0.3, 0.4) is 0 Å². The number of hydrogen-bond donors (Lipinski definition) is 1. The lowest BCUT2D eigenvalue weighted by molar-refractivity contribution is -0.126. The van der Waals surface area contributed by atoms with Crippen LogP contribution < -0.4 is 10.5 Å². The van der Waals surface area contributed by atoms with Crippen molar-refractivity contribution in [3.05, 3.63) is 66.0 Å². The van der Waals surface area contributed by atoms with Crippen LogP contribution in [0.5, 0.6) is 5.75 Å². The summed E-state index contributed by atoms with van der Waals surface area (Å²) in [5, 5.41) is 0. The minimum Gasteiger partial charge on any atom is -0.484 e. The Labute approximate surface area is 146 Å². The lowest BCUT2D eigenvalue weighted by atomic mass is 10.1. The first-order chi connectivity index (χ1) is 12.0. The Kier molecular flexibility index (Phi) is 6.28. The predicted molar refractivity (Wildman–Crippen MR) is 95.6 cm³/mol. The van der Waals surface area contributed by atoms with Crippen LogP contribution in [-0.2, 0) is 9.59 Å². The van der Waals surface area contributed by atoms with Crippen molar-refractivity contribution >= 4 is 17.9 Å². The van der Waals surface area contributed by atoms with Gasteiger partial charge in [0.05, 0.1) is 6.04 Å². The molecule has 0 saturated carbocycles. The monoisotopic (exact) mass is 339 g/mol. The number of ether oxygens (including phenoxy) is 1. The van der Waals surface area contributed by atoms with E-state index in [4.69, 9.17) is 10.5 Å². The van der Waals surface area contributed by atoms with Gasteiger partial charge >= 0.3 is 0 Å². The van der Waals surface area contributed by atoms with E-state index in [1.165, 1.54) is 6.08 Å². The smallest absolute Gasteiger partial charge is 0.255 e. The van der Waals surface area contributed by atoms with Crippen LogP contribution in [0.2, 0.25) is 0 Å². The number of nitrogens with two attached hydrogens (primary N) is 1. The molecule has 130 valence electrons. The third kappa shape index (κ3) is 5.46. The average Bonchev–Trinajstić information content (AvgIpc) is 2.64. The zero-order chi connectivity index (χ0) is 18.2. The number of aromatic nitrogens is 1. The van der Waals surface area contributed by atoms with Gasteiger partial charge in [-0.1, -0.05) is 18.2 Å². The highest BCUT2D eigenvalue weighted by molar-refractivity contribution is 5.91. The van der Waals surface area contributed by atoms with Crippen LogP contribution in [0.15, 0.2) is 54.9 Å². The Balaban J connectivity index is 1.96. The van der Waals surface area contributed by atoms with Crippen LogP contribution in [0.1, 0.15) is 24.1 Å². The molecule has 1 heterocycles. The van der Waals surface area contributed by atoms with Crippen molar-refractivity contribution in [3.63, 3.8) is 0 Å². The molecule has 0 aliphatic carbocycles. The SMILES string of the molecule is C[C@H](c1cccnc1)N(C)C(=O)/C=C\c1ccc(OCC(N)=O)cc1. The fourth-order valence-electron chi connectivity index (χ4n) is 2.15. The molecule has 2 N–H and O–H groups in total. The van der Waals surface area contributed by atoms with Crippen molar-refractivity contribution in [1.29, 1.82) is 0 Å². The van der Waals surface area contributed by atoms with Gasteiger partial charge < -0.3 is 15.4 Å². The quantitative estimate of drug-likeness (QED) is 0.784. The van der Waals surface area contributed by atoms with Gasteiger partial charge in [0, 0.05) is 25.5 Å². The van der Waals surface area contributed by atoms with Crippen molar-refractivity contribution in [1.82, 2.24) is 9.88 Å². The van der Waals surface area contributed by atoms with E-state index in [1.807, 2.05) is 19.1 Å². The second-order valence-electron chi connectivity index (χ2n) is 5.57. The summed E-state index contributed by atoms with van der Waals surface area (Å²) in [6, 6.07) is 10.7. The van der Waals surface area contributed by atoms with Crippen molar-refractivity contribution in [2.45, 2.75) is 13.0 Å². The van der Waals surface area contributed by atoms with E-state index in [-0.39, 0.29) is 18.6 Å². The molecule has 0 spiro atoms. The Morgan fingerprint density at radius 1 is 1.28 bits per heavy atom. The highest BCUT2D eigenvalue weighted by atomic mass is 16.5. The van der Waals surface area contributed by atoms with Gasteiger partial charge in [-0.2, -0.15) is 0 Å². The largest absolute Gasteiger partial charge is 0.484 e. The summed E-state index contributed by atoms with van der Waals surface area (Å²) < 4.78 is 5.19. The maximum Gasteiger partial charge on any atom is 0.255 e. The van der Waals surface area contributed by atoms with Crippen LogP contribution in [0.25, 0.3) is 6.08 Å². The highest BCUT2D eigenvalue weighted by Crippen LogP contribution is 2.18. The number of carbonyl (C=O) groups excluding carboxylic acids is 2. The minimum absolute atomic E-state index is 0.0737. The maximum atomic E-state index is 12.3. The molecular formula is C19H21N3O3. The first-order valence-electron chi connectivity index (χ1n) is 7.83. The number of carbonyl (C=O) groups is 2. The van der Waals surface area contributed by atoms with Crippen LogP contribution in [0, 0.1) is 0 Å². The Morgan fingerprint density at radius 3 is 2.60 bits per heavy atom. The topological polar surface area (TPSA) is 85.5 Å². The lowest BCUT2D eigenvalue weighted by Crippen LogP contribution is -2.28. The van der Waals surface area contributed by atoms with Crippen molar-refractivity contribution < 1.29 is 14.3 Å². The van der Waals surface area contributed by atoms with Gasteiger partial charge in [-0.25, -0.2) is 0 Å². The number of rotatable bonds is 7. The Bertz CT molecular complexity index is 742. The summed E-state index contributed by atoms with van der Waals surface area (Å²) in [4.78, 5) is 28.7. The predicted octanol–water partition coefficient (Wildman–Crippen LogP) is 2.18. The fraction of sp³-hybridized carbons (Fsp3) is 0.211. The standard InChI is InChI=1S/C19H21N3O3/c1-14(16-4-3-11-21-12-16)22(2)19(24)10-7-15-5-8-17(9-6-15)25-13-18(20)23/h3-12,14H,13H2,1-2H3,(H2,20,23)/b10-7-/t14-/m1/s1. The summed E-state index contributed by atoms with van der Waals surface area (Å²) in [7, 11) is 1.76. The van der Waals surface area contributed by atoms with E-state index < -0.39 is 5.91 Å². The molecule has 0 aliphatic heterocycles. The first kappa shape index (κ1) is 18.2. The normalized spacial score (nSPS) is 11.9. The van der Waals surface area contributed by atoms with Gasteiger partial charge in [-0.3, -0.25) is 14.6 Å². The molecule has 1 aromatic heterocycles. The molecule has 1 aromatic carbocycles. The van der Waals surface area contributed by atoms with Gasteiger partial charge in [0.1, 0.15) is 5.75 Å². The number of nitrogens with zero attached hydrogens (tertiary/aromatic N) is 2. The van der Waals surface area contributed by atoms with Crippen molar-refractivity contribution in [2.75, 3.05) is 13.7 Å². The van der Waals surface area contributed by atoms with Gasteiger partial charge in [0.2, 0.25) is 5.91 Å². The number of amides is 2. The summed E-state index contributed by atoms with van der Waals surface area (Å²) in [5.41, 5.74) is 6.85. The van der Waals surface area contributed by atoms with E-state index in [2.05, 4.69) is 4.98 Å². The molecule has 0 aliphatic rings. The van der Waals surface area contributed by atoms with Gasteiger partial charge in [-0.05, 0) is 42.3 Å². The number of benzene rings is 1. The summed E-state index contributed by atoms with van der Waals surface area (Å²) in [6.45, 7) is 1.79. The minimum atomic E-state index is -0.527. The lowest BCUT2D eigenvalue weighted by Gasteiger charge is -2.23. The van der Waals surface area contributed by atoms with E-state index in [1.54, 1.807) is 54.7 Å². The zero-order valence-electron chi connectivity index (χ0n) is 14.3. The first-order valence-corrected chi connectivity index (χ1v) is 7.83. The van der Waals surface area contributed by atoms with E-state index in [9.17, 15) is 9.59 Å². The number of pyridine rings is 1. The number of primary amides is 1. The van der Waals surface area contributed by atoms with E-state index in [0.29, 0.717) is 5.75 Å². The summed E-state index contributed by atoms with van der Waals surface area (Å²) >= 11 is 0. The zero-order valence-corrected chi connectivity index (χ0v) is 14.3. The van der Waals surface area contributed by atoms with Crippen LogP contribution >= 0.6 is 0 Å². The second-order valence-corrected chi connectivity index (χ2v) is 5.57. The van der Waals surface area contributed by atoms with Gasteiger partial charge in [-0.15, -0.1) is 0 Å². The second kappa shape index (κ2) is 8.63. The van der Waals surface area contributed by atoms with Crippen LogP contribution in [-0.4, -0.2) is 35.4 Å². The molecular weight excluding hydrogens is 318 g/mol. The van der Waals surface area contributed by atoms with Gasteiger partial charge in [0.25, 0.3) is 5.91 Å². The number of likely N-dealkylation sites (N-methyl/N-ethyl adjacent to an activating group) is 1. The molecule has 25 heavy (non-hydrogen) atoms. The van der Waals surface area contributed by atoms with Crippen molar-refractivity contribution in [3.8, 4) is 5.75 Å². The molecule has 2 aromatic rings. The molecule has 6 heteroatoms. The molecule has 0 radical (unpaired) electrons. The highest BCUT2D eigenvalue weighted by Gasteiger charge is 2.15. The fourth-order valence-corrected chi connectivity index (χ4v) is 2.15. The Hall–Kier alpha value is -3.15. The molecule has 2 amide bonds. The van der Waals surface area contributed by atoms with Crippen LogP contribution in [0.4, 0.5) is 0 Å². The van der Waals surface area contributed by atoms with Gasteiger partial charge in [0.15, 0.2) is 6.61 Å². The average molecular weight is 339 g/mol. The van der Waals surface area contributed by atoms with E-state index in [0.717, 1.165) is 11.1 Å². The molecule has 0 unspecified atom stereocenters. The maximum absolute atomic E-state index is 12.3. The molecule has 0 saturated heterocycles. The summed E-state index contributed by atoms with van der Waals surface area (Å²) in [5.74, 6) is -0.0876. The summed E-state index contributed by atoms with van der Waals surface area (Å²) in [6.07, 6.45) is 6.70.